The van der Waals surface area contributed by atoms with Crippen molar-refractivity contribution < 1.29 is 4.74 Å². The van der Waals surface area contributed by atoms with Gasteiger partial charge >= 0.3 is 0 Å². The molecule has 0 aliphatic rings. The Morgan fingerprint density at radius 3 is 2.79 bits per heavy atom. The van der Waals surface area contributed by atoms with E-state index in [4.69, 9.17) is 4.74 Å². The van der Waals surface area contributed by atoms with Gasteiger partial charge in [-0.3, -0.25) is 0 Å². The summed E-state index contributed by atoms with van der Waals surface area (Å²) >= 11 is 3.40. The number of benzene rings is 1. The molecule has 2 aromatic rings. The molecule has 2 rings (SSSR count). The first-order valence-corrected chi connectivity index (χ1v) is 4.98. The number of aromatic nitrogens is 2. The second kappa shape index (κ2) is 3.53. The van der Waals surface area contributed by atoms with Crippen molar-refractivity contribution in [3.05, 3.63) is 28.6 Å². The first kappa shape index (κ1) is 9.40. The molecule has 0 saturated heterocycles. The van der Waals surface area contributed by atoms with Gasteiger partial charge in [0.2, 0.25) is 0 Å². The average molecular weight is 253 g/mol. The highest BCUT2D eigenvalue weighted by Gasteiger charge is 2.03. The van der Waals surface area contributed by atoms with Crippen LogP contribution in [0.4, 0.5) is 0 Å². The van der Waals surface area contributed by atoms with Crippen LogP contribution < -0.4 is 4.74 Å². The standard InChI is InChI=1S/C10H9BrN2O/c1-6-12-9-4-3-7(14-2)5-8(9)10(11)13-6/h3-5H,1-2H3. The fraction of sp³-hybridized carbons (Fsp3) is 0.200. The third-order valence-electron chi connectivity index (χ3n) is 1.97. The van der Waals surface area contributed by atoms with E-state index in [1.54, 1.807) is 7.11 Å². The number of hydrogen-bond acceptors (Lipinski definition) is 3. The summed E-state index contributed by atoms with van der Waals surface area (Å²) in [6.45, 7) is 1.87. The number of aryl methyl sites for hydroxylation is 1. The van der Waals surface area contributed by atoms with Crippen LogP contribution in [0.25, 0.3) is 10.9 Å². The van der Waals surface area contributed by atoms with Crippen LogP contribution in [0.1, 0.15) is 5.82 Å². The van der Waals surface area contributed by atoms with Crippen LogP contribution in [0.15, 0.2) is 22.8 Å². The molecule has 0 fully saturated rings. The largest absolute Gasteiger partial charge is 0.497 e. The topological polar surface area (TPSA) is 35.0 Å². The summed E-state index contributed by atoms with van der Waals surface area (Å²) in [4.78, 5) is 8.54. The summed E-state index contributed by atoms with van der Waals surface area (Å²) < 4.78 is 5.94. The Bertz CT molecular complexity index is 485. The zero-order chi connectivity index (χ0) is 10.1. The van der Waals surface area contributed by atoms with E-state index in [-0.39, 0.29) is 0 Å². The van der Waals surface area contributed by atoms with E-state index < -0.39 is 0 Å². The molecule has 1 heterocycles. The van der Waals surface area contributed by atoms with Gasteiger partial charge in [0.25, 0.3) is 0 Å². The van der Waals surface area contributed by atoms with Crippen LogP contribution in [-0.4, -0.2) is 17.1 Å². The number of fused-ring (bicyclic) bond motifs is 1. The molecule has 72 valence electrons. The van der Waals surface area contributed by atoms with Crippen molar-refractivity contribution in [2.45, 2.75) is 6.92 Å². The second-order valence-corrected chi connectivity index (χ2v) is 3.70. The molecule has 0 atom stereocenters. The molecule has 1 aromatic heterocycles. The molecule has 0 amide bonds. The molecule has 0 N–H and O–H groups in total. The van der Waals surface area contributed by atoms with Crippen molar-refractivity contribution in [2.24, 2.45) is 0 Å². The molecule has 0 bridgehead atoms. The zero-order valence-electron chi connectivity index (χ0n) is 7.91. The first-order valence-electron chi connectivity index (χ1n) is 4.18. The Balaban J connectivity index is 2.75. The van der Waals surface area contributed by atoms with E-state index in [2.05, 4.69) is 25.9 Å². The molecule has 0 aliphatic heterocycles. The SMILES string of the molecule is COc1ccc2nc(C)nc(Br)c2c1. The molecule has 0 aliphatic carbocycles. The Kier molecular flexibility index (Phi) is 2.37. The minimum Gasteiger partial charge on any atom is -0.497 e. The van der Waals surface area contributed by atoms with Gasteiger partial charge in [-0.25, -0.2) is 9.97 Å². The highest BCUT2D eigenvalue weighted by molar-refractivity contribution is 9.10. The van der Waals surface area contributed by atoms with Gasteiger partial charge in [0.15, 0.2) is 0 Å². The minimum absolute atomic E-state index is 0.759. The maximum atomic E-state index is 5.13. The maximum absolute atomic E-state index is 5.13. The van der Waals surface area contributed by atoms with E-state index in [9.17, 15) is 0 Å². The van der Waals surface area contributed by atoms with Crippen molar-refractivity contribution in [3.8, 4) is 5.75 Å². The molecule has 4 heteroatoms. The predicted octanol–water partition coefficient (Wildman–Crippen LogP) is 2.71. The first-order chi connectivity index (χ1) is 6.70. The number of rotatable bonds is 1. The van der Waals surface area contributed by atoms with Gasteiger partial charge in [-0.15, -0.1) is 0 Å². The van der Waals surface area contributed by atoms with Crippen LogP contribution in [0, 0.1) is 6.92 Å². The zero-order valence-corrected chi connectivity index (χ0v) is 9.50. The highest BCUT2D eigenvalue weighted by Crippen LogP contribution is 2.24. The Hall–Kier alpha value is -1.16. The fourth-order valence-corrected chi connectivity index (χ4v) is 1.88. The van der Waals surface area contributed by atoms with Gasteiger partial charge in [-0.1, -0.05) is 0 Å². The normalized spacial score (nSPS) is 10.5. The van der Waals surface area contributed by atoms with E-state index in [0.29, 0.717) is 0 Å². The third kappa shape index (κ3) is 1.57. The van der Waals surface area contributed by atoms with Crippen molar-refractivity contribution in [1.29, 1.82) is 0 Å². The summed E-state index contributed by atoms with van der Waals surface area (Å²) in [7, 11) is 1.64. The van der Waals surface area contributed by atoms with Crippen LogP contribution in [0.5, 0.6) is 5.75 Å². The molecule has 0 radical (unpaired) electrons. The Morgan fingerprint density at radius 1 is 1.29 bits per heavy atom. The second-order valence-electron chi connectivity index (χ2n) is 2.94. The molecule has 14 heavy (non-hydrogen) atoms. The smallest absolute Gasteiger partial charge is 0.127 e. The van der Waals surface area contributed by atoms with Crippen LogP contribution >= 0.6 is 15.9 Å². The van der Waals surface area contributed by atoms with Gasteiger partial charge in [-0.05, 0) is 41.1 Å². The van der Waals surface area contributed by atoms with Gasteiger partial charge in [0.1, 0.15) is 16.2 Å². The molecule has 1 aromatic carbocycles. The quantitative estimate of drug-likeness (QED) is 0.733. The molecule has 0 saturated carbocycles. The van der Waals surface area contributed by atoms with Gasteiger partial charge < -0.3 is 4.74 Å². The van der Waals surface area contributed by atoms with Crippen LogP contribution in [-0.2, 0) is 0 Å². The van der Waals surface area contributed by atoms with Crippen molar-refractivity contribution in [3.63, 3.8) is 0 Å². The lowest BCUT2D eigenvalue weighted by Gasteiger charge is -2.03. The summed E-state index contributed by atoms with van der Waals surface area (Å²) in [5.74, 6) is 1.57. The van der Waals surface area contributed by atoms with Gasteiger partial charge in [0.05, 0.1) is 12.6 Å². The minimum atomic E-state index is 0.759. The number of halogens is 1. The van der Waals surface area contributed by atoms with Gasteiger partial charge in [-0.2, -0.15) is 0 Å². The lowest BCUT2D eigenvalue weighted by atomic mass is 10.2. The van der Waals surface area contributed by atoms with Crippen LogP contribution in [0.2, 0.25) is 0 Å². The van der Waals surface area contributed by atoms with E-state index in [0.717, 1.165) is 27.1 Å². The maximum Gasteiger partial charge on any atom is 0.127 e. The lowest BCUT2D eigenvalue weighted by Crippen LogP contribution is -1.91. The monoisotopic (exact) mass is 252 g/mol. The Labute approximate surface area is 90.3 Å². The van der Waals surface area contributed by atoms with Crippen molar-refractivity contribution in [1.82, 2.24) is 9.97 Å². The summed E-state index contributed by atoms with van der Waals surface area (Å²) in [5.41, 5.74) is 0.921. The summed E-state index contributed by atoms with van der Waals surface area (Å²) in [6, 6.07) is 5.73. The van der Waals surface area contributed by atoms with Crippen molar-refractivity contribution in [2.75, 3.05) is 7.11 Å². The Morgan fingerprint density at radius 2 is 2.07 bits per heavy atom. The fourth-order valence-electron chi connectivity index (χ4n) is 1.31. The number of ether oxygens (including phenoxy) is 1. The summed E-state index contributed by atoms with van der Waals surface area (Å²) in [5, 5.41) is 0.968. The molecule has 0 unspecified atom stereocenters. The molecular weight excluding hydrogens is 244 g/mol. The van der Waals surface area contributed by atoms with E-state index >= 15 is 0 Å². The number of methoxy groups -OCH3 is 1. The number of nitrogens with zero attached hydrogens (tertiary/aromatic N) is 2. The van der Waals surface area contributed by atoms with E-state index in [1.807, 2.05) is 25.1 Å². The molecular formula is C10H9BrN2O. The van der Waals surface area contributed by atoms with Crippen molar-refractivity contribution >= 4 is 26.8 Å². The van der Waals surface area contributed by atoms with E-state index in [1.165, 1.54) is 0 Å². The van der Waals surface area contributed by atoms with Crippen LogP contribution in [0.3, 0.4) is 0 Å². The lowest BCUT2D eigenvalue weighted by molar-refractivity contribution is 0.415. The highest BCUT2D eigenvalue weighted by atomic mass is 79.9. The molecule has 0 spiro atoms. The third-order valence-corrected chi connectivity index (χ3v) is 2.57. The summed E-state index contributed by atoms with van der Waals surface area (Å²) in [6.07, 6.45) is 0. The number of hydrogen-bond donors (Lipinski definition) is 0. The average Bonchev–Trinajstić information content (AvgIpc) is 2.17. The van der Waals surface area contributed by atoms with Gasteiger partial charge in [0, 0.05) is 5.39 Å². The molecule has 3 nitrogen and oxygen atoms in total. The predicted molar refractivity (Wildman–Crippen MR) is 58.5 cm³/mol.